The topological polar surface area (TPSA) is 56.3 Å². The van der Waals surface area contributed by atoms with E-state index in [0.29, 0.717) is 15.4 Å². The number of nitrogens with zero attached hydrogens (tertiary/aromatic N) is 1. The van der Waals surface area contributed by atoms with Gasteiger partial charge in [-0.2, -0.15) is 0 Å². The molecule has 0 fully saturated rings. The minimum Gasteiger partial charge on any atom is -0.388 e. The van der Waals surface area contributed by atoms with E-state index in [1.807, 2.05) is 0 Å². The molecular weight excluding hydrogens is 257 g/mol. The number of halogens is 1. The van der Waals surface area contributed by atoms with E-state index < -0.39 is 11.9 Å². The van der Waals surface area contributed by atoms with Gasteiger partial charge in [-0.3, -0.25) is 4.79 Å². The van der Waals surface area contributed by atoms with Crippen molar-refractivity contribution < 1.29 is 18.7 Å². The molecule has 1 aliphatic heterocycles. The third-order valence-electron chi connectivity index (χ3n) is 2.47. The third-order valence-corrected chi connectivity index (χ3v) is 3.58. The largest absolute Gasteiger partial charge is 0.388 e. The van der Waals surface area contributed by atoms with Crippen LogP contribution in [0, 0.1) is 5.82 Å². The van der Waals surface area contributed by atoms with Gasteiger partial charge in [0.25, 0.3) is 0 Å². The van der Waals surface area contributed by atoms with Crippen LogP contribution in [-0.2, 0) is 16.0 Å². The zero-order valence-electron chi connectivity index (χ0n) is 8.97. The number of carbonyl (C=O) groups is 2. The summed E-state index contributed by atoms with van der Waals surface area (Å²) in [7, 11) is 0. The van der Waals surface area contributed by atoms with E-state index in [2.05, 4.69) is 9.72 Å². The Labute approximate surface area is 105 Å². The predicted molar refractivity (Wildman–Crippen MR) is 61.6 cm³/mol. The zero-order chi connectivity index (χ0) is 12.7. The first kappa shape index (κ1) is 11.0. The van der Waals surface area contributed by atoms with E-state index in [4.69, 9.17) is 0 Å². The lowest BCUT2D eigenvalue weighted by Gasteiger charge is -2.06. The monoisotopic (exact) mass is 263 g/mol. The number of cyclic esters (lactones) is 2. The molecule has 0 atom stereocenters. The summed E-state index contributed by atoms with van der Waals surface area (Å²) in [5.74, 6) is -1.69. The van der Waals surface area contributed by atoms with Gasteiger partial charge < -0.3 is 4.74 Å². The highest BCUT2D eigenvalue weighted by atomic mass is 32.1. The summed E-state index contributed by atoms with van der Waals surface area (Å²) < 4.78 is 17.6. The van der Waals surface area contributed by atoms with Gasteiger partial charge in [0.05, 0.1) is 11.3 Å². The van der Waals surface area contributed by atoms with Gasteiger partial charge in [-0.05, 0) is 12.1 Å². The van der Waals surface area contributed by atoms with E-state index in [-0.39, 0.29) is 17.9 Å². The Morgan fingerprint density at radius 2 is 2.17 bits per heavy atom. The van der Waals surface area contributed by atoms with E-state index >= 15 is 0 Å². The lowest BCUT2D eigenvalue weighted by atomic mass is 10.2. The molecule has 1 aliphatic rings. The van der Waals surface area contributed by atoms with Crippen LogP contribution in [0.5, 0.6) is 0 Å². The molecule has 6 heteroatoms. The Balaban J connectivity index is 2.08. The number of ether oxygens (including phenoxy) is 1. The smallest absolute Gasteiger partial charge is 0.365 e. The molecule has 2 aromatic rings. The zero-order valence-corrected chi connectivity index (χ0v) is 9.79. The number of hydrogen-bond acceptors (Lipinski definition) is 5. The van der Waals surface area contributed by atoms with Crippen LogP contribution in [0.3, 0.4) is 0 Å². The molecule has 0 amide bonds. The first-order valence-electron chi connectivity index (χ1n) is 5.14. The van der Waals surface area contributed by atoms with Gasteiger partial charge in [0.2, 0.25) is 0 Å². The van der Waals surface area contributed by atoms with Crippen molar-refractivity contribution in [1.29, 1.82) is 0 Å². The standard InChI is InChI=1S/C12H6FNO3S/c13-7-3-1-2-6(4-7)11-14-10-8(18-11)5-9(15)17-12(10)16/h1-4H,5H2. The van der Waals surface area contributed by atoms with Crippen molar-refractivity contribution in [2.75, 3.05) is 0 Å². The molecular formula is C12H6FNO3S. The molecule has 0 aliphatic carbocycles. The summed E-state index contributed by atoms with van der Waals surface area (Å²) in [6.07, 6.45) is 0.0358. The molecule has 18 heavy (non-hydrogen) atoms. The average Bonchev–Trinajstić information content (AvgIpc) is 2.73. The number of rotatable bonds is 1. The summed E-state index contributed by atoms with van der Waals surface area (Å²) in [5.41, 5.74) is 0.730. The molecule has 1 aromatic carbocycles. The molecule has 90 valence electrons. The number of aromatic nitrogens is 1. The normalized spacial score (nSPS) is 14.3. The summed E-state index contributed by atoms with van der Waals surface area (Å²) in [4.78, 5) is 27.2. The van der Waals surface area contributed by atoms with Crippen LogP contribution < -0.4 is 0 Å². The summed E-state index contributed by atoms with van der Waals surface area (Å²) >= 11 is 1.21. The van der Waals surface area contributed by atoms with Gasteiger partial charge in [-0.25, -0.2) is 14.2 Å². The van der Waals surface area contributed by atoms with Crippen molar-refractivity contribution in [3.63, 3.8) is 0 Å². The highest BCUT2D eigenvalue weighted by molar-refractivity contribution is 7.15. The van der Waals surface area contributed by atoms with Crippen LogP contribution in [0.2, 0.25) is 0 Å². The van der Waals surface area contributed by atoms with Crippen LogP contribution in [-0.4, -0.2) is 16.9 Å². The lowest BCUT2D eigenvalue weighted by Crippen LogP contribution is -2.21. The fraction of sp³-hybridized carbons (Fsp3) is 0.0833. The maximum atomic E-state index is 13.1. The first-order valence-corrected chi connectivity index (χ1v) is 5.96. The molecule has 4 nitrogen and oxygen atoms in total. The molecule has 0 N–H and O–H groups in total. The van der Waals surface area contributed by atoms with Gasteiger partial charge in [0.15, 0.2) is 5.69 Å². The SMILES string of the molecule is O=C1Cc2sc(-c3cccc(F)c3)nc2C(=O)O1. The van der Waals surface area contributed by atoms with Crippen LogP contribution in [0.4, 0.5) is 4.39 Å². The summed E-state index contributed by atoms with van der Waals surface area (Å²) in [6, 6.07) is 5.92. The van der Waals surface area contributed by atoms with Crippen LogP contribution in [0.1, 0.15) is 15.4 Å². The van der Waals surface area contributed by atoms with E-state index in [1.165, 1.54) is 23.5 Å². The Morgan fingerprint density at radius 3 is 2.94 bits per heavy atom. The van der Waals surface area contributed by atoms with Crippen LogP contribution >= 0.6 is 11.3 Å². The van der Waals surface area contributed by atoms with Crippen LogP contribution in [0.25, 0.3) is 10.6 Å². The minimum absolute atomic E-state index is 0.0358. The molecule has 0 spiro atoms. The molecule has 0 saturated carbocycles. The van der Waals surface area contributed by atoms with Crippen molar-refractivity contribution in [3.8, 4) is 10.6 Å². The second-order valence-corrected chi connectivity index (χ2v) is 4.82. The Morgan fingerprint density at radius 1 is 1.33 bits per heavy atom. The highest BCUT2D eigenvalue weighted by Gasteiger charge is 2.29. The fourth-order valence-corrected chi connectivity index (χ4v) is 2.73. The first-order chi connectivity index (χ1) is 8.63. The number of carbonyl (C=O) groups excluding carboxylic acids is 2. The lowest BCUT2D eigenvalue weighted by molar-refractivity contribution is -0.137. The summed E-state index contributed by atoms with van der Waals surface area (Å²) in [5, 5.41) is 0.506. The molecule has 0 radical (unpaired) electrons. The number of hydrogen-bond donors (Lipinski definition) is 0. The third kappa shape index (κ3) is 1.80. The molecule has 0 bridgehead atoms. The van der Waals surface area contributed by atoms with Gasteiger partial charge >= 0.3 is 11.9 Å². The number of benzene rings is 1. The van der Waals surface area contributed by atoms with Crippen molar-refractivity contribution >= 4 is 23.3 Å². The van der Waals surface area contributed by atoms with Crippen molar-refractivity contribution in [3.05, 3.63) is 40.7 Å². The Kier molecular flexibility index (Phi) is 2.45. The maximum absolute atomic E-state index is 13.1. The Bertz CT molecular complexity index is 665. The molecule has 3 rings (SSSR count). The minimum atomic E-state index is -0.736. The molecule has 1 aromatic heterocycles. The van der Waals surface area contributed by atoms with Gasteiger partial charge in [-0.15, -0.1) is 11.3 Å². The van der Waals surface area contributed by atoms with Gasteiger partial charge in [-0.1, -0.05) is 12.1 Å². The van der Waals surface area contributed by atoms with E-state index in [9.17, 15) is 14.0 Å². The fourth-order valence-electron chi connectivity index (χ4n) is 1.69. The average molecular weight is 263 g/mol. The molecule has 2 heterocycles. The molecule has 0 saturated heterocycles. The second kappa shape index (κ2) is 3.99. The number of esters is 2. The van der Waals surface area contributed by atoms with Gasteiger partial charge in [0, 0.05) is 5.56 Å². The maximum Gasteiger partial charge on any atom is 0.365 e. The van der Waals surface area contributed by atoms with Crippen molar-refractivity contribution in [1.82, 2.24) is 4.98 Å². The van der Waals surface area contributed by atoms with E-state index in [0.717, 1.165) is 0 Å². The van der Waals surface area contributed by atoms with Crippen molar-refractivity contribution in [2.45, 2.75) is 6.42 Å². The Hall–Kier alpha value is -2.08. The van der Waals surface area contributed by atoms with E-state index in [1.54, 1.807) is 12.1 Å². The predicted octanol–water partition coefficient (Wildman–Crippen LogP) is 2.19. The highest BCUT2D eigenvalue weighted by Crippen LogP contribution is 2.31. The van der Waals surface area contributed by atoms with Gasteiger partial charge in [0.1, 0.15) is 10.8 Å². The quantitative estimate of drug-likeness (QED) is 0.584. The summed E-state index contributed by atoms with van der Waals surface area (Å²) in [6.45, 7) is 0. The number of fused-ring (bicyclic) bond motifs is 1. The number of thiazole rings is 1. The second-order valence-electron chi connectivity index (χ2n) is 3.74. The molecule has 0 unspecified atom stereocenters. The van der Waals surface area contributed by atoms with Crippen LogP contribution in [0.15, 0.2) is 24.3 Å². The van der Waals surface area contributed by atoms with Crippen molar-refractivity contribution in [2.24, 2.45) is 0 Å².